The van der Waals surface area contributed by atoms with Crippen molar-refractivity contribution < 1.29 is 0 Å². The number of rotatable bonds is 5. The van der Waals surface area contributed by atoms with Crippen LogP contribution in [0.25, 0.3) is 10.9 Å². The predicted octanol–water partition coefficient (Wildman–Crippen LogP) is 4.03. The molecule has 0 radical (unpaired) electrons. The lowest BCUT2D eigenvalue weighted by Crippen LogP contribution is -2.29. The van der Waals surface area contributed by atoms with Gasteiger partial charge in [0, 0.05) is 24.2 Å². The Labute approximate surface area is 168 Å². The van der Waals surface area contributed by atoms with Crippen molar-refractivity contribution in [2.24, 2.45) is 5.92 Å². The molecule has 0 unspecified atom stereocenters. The second kappa shape index (κ2) is 8.36. The van der Waals surface area contributed by atoms with E-state index in [9.17, 15) is 0 Å². The number of nitrogens with zero attached hydrogens (tertiary/aromatic N) is 5. The minimum absolute atomic E-state index is 0.405. The van der Waals surface area contributed by atoms with Crippen molar-refractivity contribution in [3.63, 3.8) is 0 Å². The number of anilines is 2. The van der Waals surface area contributed by atoms with E-state index < -0.39 is 0 Å². The van der Waals surface area contributed by atoms with Crippen LogP contribution in [0.2, 0.25) is 5.15 Å². The van der Waals surface area contributed by atoms with Crippen molar-refractivity contribution in [1.82, 2.24) is 19.9 Å². The maximum Gasteiger partial charge on any atom is 0.222 e. The van der Waals surface area contributed by atoms with E-state index in [1.807, 2.05) is 24.3 Å². The second-order valence-electron chi connectivity index (χ2n) is 7.02. The van der Waals surface area contributed by atoms with Crippen molar-refractivity contribution in [1.29, 1.82) is 5.26 Å². The SMILES string of the molecule is N#Cc1cnc(NCC2CCC(Nc3ccc4ccnc(Cl)c4n3)CC2)nc1. The van der Waals surface area contributed by atoms with Gasteiger partial charge < -0.3 is 10.6 Å². The molecule has 3 aromatic heterocycles. The standard InChI is InChI=1S/C20H20ClN7/c21-19-18-15(7-8-23-19)3-6-17(28-18)27-16-4-1-13(2-5-16)10-24-20-25-11-14(9-22)12-26-20/h3,6-8,11-13,16H,1-2,4-5,10H2,(H,27,28)(H,24,25,26). The molecule has 2 N–H and O–H groups in total. The molecule has 142 valence electrons. The van der Waals surface area contributed by atoms with Crippen LogP contribution in [0.5, 0.6) is 0 Å². The van der Waals surface area contributed by atoms with E-state index >= 15 is 0 Å². The lowest BCUT2D eigenvalue weighted by atomic mass is 9.86. The van der Waals surface area contributed by atoms with E-state index in [1.54, 1.807) is 6.20 Å². The highest BCUT2D eigenvalue weighted by atomic mass is 35.5. The monoisotopic (exact) mass is 393 g/mol. The molecule has 8 heteroatoms. The van der Waals surface area contributed by atoms with E-state index in [0.29, 0.717) is 28.6 Å². The zero-order valence-corrected chi connectivity index (χ0v) is 16.0. The van der Waals surface area contributed by atoms with Crippen molar-refractivity contribution in [3.05, 3.63) is 47.5 Å². The third-order valence-corrected chi connectivity index (χ3v) is 5.37. The lowest BCUT2D eigenvalue weighted by molar-refractivity contribution is 0.350. The number of aromatic nitrogens is 4. The summed E-state index contributed by atoms with van der Waals surface area (Å²) in [5.74, 6) is 2.00. The Bertz CT molecular complexity index is 992. The summed E-state index contributed by atoms with van der Waals surface area (Å²) in [7, 11) is 0. The van der Waals surface area contributed by atoms with Crippen LogP contribution < -0.4 is 10.6 Å². The first-order valence-electron chi connectivity index (χ1n) is 9.35. The first kappa shape index (κ1) is 18.4. The lowest BCUT2D eigenvalue weighted by Gasteiger charge is -2.29. The Morgan fingerprint density at radius 3 is 2.61 bits per heavy atom. The molecule has 1 aliphatic rings. The average molecular weight is 394 g/mol. The summed E-state index contributed by atoms with van der Waals surface area (Å²) in [6.07, 6.45) is 9.18. The Morgan fingerprint density at radius 2 is 1.86 bits per heavy atom. The zero-order valence-electron chi connectivity index (χ0n) is 15.3. The number of halogens is 1. The van der Waals surface area contributed by atoms with Gasteiger partial charge >= 0.3 is 0 Å². The molecule has 3 heterocycles. The summed E-state index contributed by atoms with van der Waals surface area (Å²) >= 11 is 6.16. The number of nitriles is 1. The number of nitrogens with one attached hydrogen (secondary N) is 2. The summed E-state index contributed by atoms with van der Waals surface area (Å²) < 4.78 is 0. The molecule has 0 atom stereocenters. The van der Waals surface area contributed by atoms with Gasteiger partial charge in [0.2, 0.25) is 5.95 Å². The molecule has 1 aliphatic carbocycles. The van der Waals surface area contributed by atoms with Crippen LogP contribution in [-0.2, 0) is 0 Å². The molecule has 28 heavy (non-hydrogen) atoms. The maximum atomic E-state index is 8.79. The summed E-state index contributed by atoms with van der Waals surface area (Å²) in [6.45, 7) is 0.841. The molecular weight excluding hydrogens is 374 g/mol. The molecule has 0 bridgehead atoms. The summed E-state index contributed by atoms with van der Waals surface area (Å²) in [5.41, 5.74) is 1.20. The van der Waals surface area contributed by atoms with Crippen LogP contribution in [0, 0.1) is 17.2 Å². The zero-order chi connectivity index (χ0) is 19.3. The largest absolute Gasteiger partial charge is 0.367 e. The van der Waals surface area contributed by atoms with Gasteiger partial charge in [-0.3, -0.25) is 0 Å². The second-order valence-corrected chi connectivity index (χ2v) is 7.38. The minimum Gasteiger partial charge on any atom is -0.367 e. The third-order valence-electron chi connectivity index (χ3n) is 5.09. The van der Waals surface area contributed by atoms with E-state index in [1.165, 1.54) is 12.4 Å². The van der Waals surface area contributed by atoms with Gasteiger partial charge in [0.25, 0.3) is 0 Å². The first-order chi connectivity index (χ1) is 13.7. The van der Waals surface area contributed by atoms with Crippen LogP contribution >= 0.6 is 11.6 Å². The van der Waals surface area contributed by atoms with Crippen LogP contribution in [0.3, 0.4) is 0 Å². The summed E-state index contributed by atoms with van der Waals surface area (Å²) in [4.78, 5) is 17.0. The molecule has 4 rings (SSSR count). The van der Waals surface area contributed by atoms with Crippen LogP contribution in [0.15, 0.2) is 36.8 Å². The highest BCUT2D eigenvalue weighted by Crippen LogP contribution is 2.27. The fourth-order valence-electron chi connectivity index (χ4n) is 3.53. The van der Waals surface area contributed by atoms with Gasteiger partial charge in [-0.15, -0.1) is 0 Å². The average Bonchev–Trinajstić information content (AvgIpc) is 2.74. The molecule has 7 nitrogen and oxygen atoms in total. The number of hydrogen-bond donors (Lipinski definition) is 2. The summed E-state index contributed by atoms with van der Waals surface area (Å²) in [6, 6.07) is 8.35. The fourth-order valence-corrected chi connectivity index (χ4v) is 3.73. The molecule has 0 amide bonds. The molecule has 0 saturated heterocycles. The highest BCUT2D eigenvalue weighted by Gasteiger charge is 2.21. The first-order valence-corrected chi connectivity index (χ1v) is 9.73. The molecule has 0 aliphatic heterocycles. The van der Waals surface area contributed by atoms with E-state index in [-0.39, 0.29) is 0 Å². The van der Waals surface area contributed by atoms with Crippen LogP contribution in [-0.4, -0.2) is 32.5 Å². The van der Waals surface area contributed by atoms with Gasteiger partial charge in [0.15, 0.2) is 5.15 Å². The van der Waals surface area contributed by atoms with Gasteiger partial charge in [-0.2, -0.15) is 5.26 Å². The van der Waals surface area contributed by atoms with E-state index in [4.69, 9.17) is 16.9 Å². The molecule has 1 saturated carbocycles. The molecule has 3 aromatic rings. The van der Waals surface area contributed by atoms with E-state index in [0.717, 1.165) is 48.9 Å². The Morgan fingerprint density at radius 1 is 1.07 bits per heavy atom. The fraction of sp³-hybridized carbons (Fsp3) is 0.350. The van der Waals surface area contributed by atoms with Crippen molar-refractivity contribution in [2.75, 3.05) is 17.2 Å². The number of hydrogen-bond acceptors (Lipinski definition) is 7. The topological polar surface area (TPSA) is 99.4 Å². The van der Waals surface area contributed by atoms with Gasteiger partial charge in [-0.1, -0.05) is 11.6 Å². The molecule has 0 spiro atoms. The predicted molar refractivity (Wildman–Crippen MR) is 109 cm³/mol. The number of fused-ring (bicyclic) bond motifs is 1. The minimum atomic E-state index is 0.405. The quantitative estimate of drug-likeness (QED) is 0.631. The number of pyridine rings is 2. The third kappa shape index (κ3) is 4.29. The smallest absolute Gasteiger partial charge is 0.222 e. The van der Waals surface area contributed by atoms with E-state index in [2.05, 4.69) is 30.6 Å². The molecule has 1 fully saturated rings. The Hall–Kier alpha value is -2.98. The van der Waals surface area contributed by atoms with Crippen molar-refractivity contribution >= 4 is 34.3 Å². The van der Waals surface area contributed by atoms with Crippen LogP contribution in [0.1, 0.15) is 31.2 Å². The van der Waals surface area contributed by atoms with Gasteiger partial charge in [0.05, 0.1) is 18.0 Å². The van der Waals surface area contributed by atoms with Gasteiger partial charge in [-0.05, 0) is 49.8 Å². The molecular formula is C20H20ClN7. The maximum absolute atomic E-state index is 8.79. The van der Waals surface area contributed by atoms with Gasteiger partial charge in [0.1, 0.15) is 17.4 Å². The Balaban J connectivity index is 1.28. The highest BCUT2D eigenvalue weighted by molar-refractivity contribution is 6.33. The van der Waals surface area contributed by atoms with Crippen molar-refractivity contribution in [3.8, 4) is 6.07 Å². The summed E-state index contributed by atoms with van der Waals surface area (Å²) in [5, 5.41) is 17.0. The Kier molecular flexibility index (Phi) is 5.49. The molecule has 0 aromatic carbocycles. The van der Waals surface area contributed by atoms with Crippen molar-refractivity contribution in [2.45, 2.75) is 31.7 Å². The van der Waals surface area contributed by atoms with Crippen LogP contribution in [0.4, 0.5) is 11.8 Å². The van der Waals surface area contributed by atoms with Gasteiger partial charge in [-0.25, -0.2) is 19.9 Å². The normalized spacial score (nSPS) is 19.1.